The summed E-state index contributed by atoms with van der Waals surface area (Å²) in [7, 11) is 1.44. The van der Waals surface area contributed by atoms with Gasteiger partial charge in [-0.1, -0.05) is 0 Å². The Balaban J connectivity index is 3.81. The van der Waals surface area contributed by atoms with Crippen molar-refractivity contribution in [2.75, 3.05) is 13.7 Å². The van der Waals surface area contributed by atoms with Gasteiger partial charge in [-0.3, -0.25) is 0 Å². The standard InChI is InChI=1S/C7H16O4/c1-5(9)7(10)6(11-2)3-4-8/h5-10H,3-4H2,1-2H3/t5?,6-,7?/m1/s1. The number of rotatable bonds is 5. The highest BCUT2D eigenvalue weighted by atomic mass is 16.5. The van der Waals surface area contributed by atoms with E-state index in [-0.39, 0.29) is 6.61 Å². The largest absolute Gasteiger partial charge is 0.396 e. The van der Waals surface area contributed by atoms with E-state index >= 15 is 0 Å². The van der Waals surface area contributed by atoms with Gasteiger partial charge in [-0.05, 0) is 13.3 Å². The van der Waals surface area contributed by atoms with Crippen LogP contribution in [0.25, 0.3) is 0 Å². The predicted octanol–water partition coefficient (Wildman–Crippen LogP) is -0.875. The van der Waals surface area contributed by atoms with Gasteiger partial charge in [0.2, 0.25) is 0 Å². The summed E-state index contributed by atoms with van der Waals surface area (Å²) in [5.74, 6) is 0. The summed E-state index contributed by atoms with van der Waals surface area (Å²) in [6, 6.07) is 0. The molecule has 2 unspecified atom stereocenters. The Morgan fingerprint density at radius 1 is 1.36 bits per heavy atom. The minimum Gasteiger partial charge on any atom is -0.396 e. The van der Waals surface area contributed by atoms with Crippen molar-refractivity contribution in [3.05, 3.63) is 0 Å². The van der Waals surface area contributed by atoms with E-state index in [2.05, 4.69) is 0 Å². The molecular formula is C7H16O4. The molecule has 0 spiro atoms. The third-order valence-corrected chi connectivity index (χ3v) is 1.59. The molecule has 0 saturated heterocycles. The predicted molar refractivity (Wildman–Crippen MR) is 40.2 cm³/mol. The molecule has 0 heterocycles. The average molecular weight is 164 g/mol. The van der Waals surface area contributed by atoms with E-state index in [4.69, 9.17) is 14.9 Å². The van der Waals surface area contributed by atoms with Crippen LogP contribution in [0.1, 0.15) is 13.3 Å². The molecule has 0 aromatic heterocycles. The normalized spacial score (nSPS) is 19.4. The van der Waals surface area contributed by atoms with Crippen LogP contribution < -0.4 is 0 Å². The summed E-state index contributed by atoms with van der Waals surface area (Å²) in [5.41, 5.74) is 0. The van der Waals surface area contributed by atoms with Gasteiger partial charge in [-0.2, -0.15) is 0 Å². The molecule has 0 bridgehead atoms. The van der Waals surface area contributed by atoms with Crippen molar-refractivity contribution in [1.82, 2.24) is 0 Å². The molecule has 3 N–H and O–H groups in total. The molecule has 4 nitrogen and oxygen atoms in total. The molecule has 0 aliphatic heterocycles. The van der Waals surface area contributed by atoms with E-state index in [1.807, 2.05) is 0 Å². The molecule has 0 aliphatic rings. The lowest BCUT2D eigenvalue weighted by Crippen LogP contribution is -2.37. The number of ether oxygens (including phenoxy) is 1. The Hall–Kier alpha value is -0.160. The fraction of sp³-hybridized carbons (Fsp3) is 1.00. The molecule has 0 aromatic carbocycles. The van der Waals surface area contributed by atoms with Crippen molar-refractivity contribution in [1.29, 1.82) is 0 Å². The van der Waals surface area contributed by atoms with Gasteiger partial charge in [0, 0.05) is 13.7 Å². The van der Waals surface area contributed by atoms with Crippen LogP contribution in [0.4, 0.5) is 0 Å². The molecule has 0 saturated carbocycles. The first-order valence-corrected chi connectivity index (χ1v) is 3.63. The van der Waals surface area contributed by atoms with Crippen LogP contribution in [0.2, 0.25) is 0 Å². The van der Waals surface area contributed by atoms with Crippen LogP contribution in [0.3, 0.4) is 0 Å². The van der Waals surface area contributed by atoms with E-state index in [1.165, 1.54) is 14.0 Å². The monoisotopic (exact) mass is 164 g/mol. The van der Waals surface area contributed by atoms with Crippen molar-refractivity contribution in [3.63, 3.8) is 0 Å². The molecule has 68 valence electrons. The lowest BCUT2D eigenvalue weighted by molar-refractivity contribution is -0.0760. The summed E-state index contributed by atoms with van der Waals surface area (Å²) >= 11 is 0. The maximum Gasteiger partial charge on any atom is 0.106 e. The quantitative estimate of drug-likeness (QED) is 0.494. The maximum atomic E-state index is 9.23. The third-order valence-electron chi connectivity index (χ3n) is 1.59. The number of aliphatic hydroxyl groups excluding tert-OH is 3. The highest BCUT2D eigenvalue weighted by Crippen LogP contribution is 2.06. The van der Waals surface area contributed by atoms with Crippen molar-refractivity contribution in [2.45, 2.75) is 31.7 Å². The zero-order valence-corrected chi connectivity index (χ0v) is 6.90. The lowest BCUT2D eigenvalue weighted by Gasteiger charge is -2.22. The zero-order valence-electron chi connectivity index (χ0n) is 6.90. The molecule has 0 aromatic rings. The fourth-order valence-electron chi connectivity index (χ4n) is 0.866. The average Bonchev–Trinajstić information content (AvgIpc) is 1.98. The van der Waals surface area contributed by atoms with Crippen molar-refractivity contribution in [3.8, 4) is 0 Å². The Morgan fingerprint density at radius 3 is 2.18 bits per heavy atom. The smallest absolute Gasteiger partial charge is 0.106 e. The van der Waals surface area contributed by atoms with E-state index in [0.29, 0.717) is 6.42 Å². The molecule has 0 aliphatic carbocycles. The van der Waals surface area contributed by atoms with Crippen molar-refractivity contribution in [2.24, 2.45) is 0 Å². The minimum atomic E-state index is -0.924. The topological polar surface area (TPSA) is 69.9 Å². The molecule has 3 atom stereocenters. The van der Waals surface area contributed by atoms with E-state index in [0.717, 1.165) is 0 Å². The zero-order chi connectivity index (χ0) is 8.85. The van der Waals surface area contributed by atoms with Gasteiger partial charge in [0.15, 0.2) is 0 Å². The van der Waals surface area contributed by atoms with Crippen LogP contribution >= 0.6 is 0 Å². The van der Waals surface area contributed by atoms with E-state index < -0.39 is 18.3 Å². The Morgan fingerprint density at radius 2 is 1.91 bits per heavy atom. The van der Waals surface area contributed by atoms with Gasteiger partial charge in [0.25, 0.3) is 0 Å². The molecule has 0 amide bonds. The van der Waals surface area contributed by atoms with Crippen molar-refractivity contribution < 1.29 is 20.1 Å². The Labute approximate surface area is 66.4 Å². The summed E-state index contributed by atoms with van der Waals surface area (Å²) in [6.45, 7) is 1.43. The van der Waals surface area contributed by atoms with Crippen LogP contribution in [0, 0.1) is 0 Å². The number of methoxy groups -OCH3 is 1. The second kappa shape index (κ2) is 5.49. The van der Waals surface area contributed by atoms with Crippen molar-refractivity contribution >= 4 is 0 Å². The Kier molecular flexibility index (Phi) is 5.41. The van der Waals surface area contributed by atoms with Gasteiger partial charge in [-0.15, -0.1) is 0 Å². The molecule has 11 heavy (non-hydrogen) atoms. The first kappa shape index (κ1) is 10.8. The molecular weight excluding hydrogens is 148 g/mol. The molecule has 0 fully saturated rings. The minimum absolute atomic E-state index is 0.0533. The third kappa shape index (κ3) is 3.67. The first-order chi connectivity index (χ1) is 5.13. The summed E-state index contributed by atoms with van der Waals surface area (Å²) in [6.07, 6.45) is -1.90. The Bertz CT molecular complexity index is 94.4. The number of hydrogen-bond donors (Lipinski definition) is 3. The van der Waals surface area contributed by atoms with Gasteiger partial charge in [0.1, 0.15) is 6.10 Å². The van der Waals surface area contributed by atoms with Gasteiger partial charge < -0.3 is 20.1 Å². The highest BCUT2D eigenvalue weighted by Gasteiger charge is 2.22. The molecule has 0 radical (unpaired) electrons. The lowest BCUT2D eigenvalue weighted by atomic mass is 10.1. The maximum absolute atomic E-state index is 9.23. The van der Waals surface area contributed by atoms with Crippen LogP contribution in [-0.2, 0) is 4.74 Å². The summed E-state index contributed by atoms with van der Waals surface area (Å²) < 4.78 is 4.84. The summed E-state index contributed by atoms with van der Waals surface area (Å²) in [5, 5.41) is 26.7. The van der Waals surface area contributed by atoms with E-state index in [9.17, 15) is 5.11 Å². The summed E-state index contributed by atoms with van der Waals surface area (Å²) in [4.78, 5) is 0. The van der Waals surface area contributed by atoms with Crippen LogP contribution in [0.5, 0.6) is 0 Å². The van der Waals surface area contributed by atoms with Gasteiger partial charge >= 0.3 is 0 Å². The van der Waals surface area contributed by atoms with Crippen LogP contribution in [-0.4, -0.2) is 47.3 Å². The van der Waals surface area contributed by atoms with Crippen LogP contribution in [0.15, 0.2) is 0 Å². The molecule has 0 rings (SSSR count). The second-order valence-corrected chi connectivity index (χ2v) is 2.52. The number of hydrogen-bond acceptors (Lipinski definition) is 4. The highest BCUT2D eigenvalue weighted by molar-refractivity contribution is 4.72. The SMILES string of the molecule is CO[C@H](CCO)C(O)C(C)O. The van der Waals surface area contributed by atoms with Gasteiger partial charge in [-0.25, -0.2) is 0 Å². The first-order valence-electron chi connectivity index (χ1n) is 3.63. The molecule has 4 heteroatoms. The fourth-order valence-corrected chi connectivity index (χ4v) is 0.866. The van der Waals surface area contributed by atoms with E-state index in [1.54, 1.807) is 0 Å². The number of aliphatic hydroxyl groups is 3. The second-order valence-electron chi connectivity index (χ2n) is 2.52. The van der Waals surface area contributed by atoms with Gasteiger partial charge in [0.05, 0.1) is 12.2 Å².